The molecule has 0 fully saturated rings. The Morgan fingerprint density at radius 2 is 1.88 bits per heavy atom. The first kappa shape index (κ1) is 30.5. The number of allylic oxidation sites excluding steroid dienone is 1. The summed E-state index contributed by atoms with van der Waals surface area (Å²) in [5.74, 6) is 2.24. The van der Waals surface area contributed by atoms with Crippen molar-refractivity contribution >= 4 is 40.9 Å². The van der Waals surface area contributed by atoms with Crippen molar-refractivity contribution in [2.24, 2.45) is 0 Å². The van der Waals surface area contributed by atoms with Crippen LogP contribution in [-0.4, -0.2) is 33.9 Å². The number of hydrogen-bond acceptors (Lipinski definition) is 7. The maximum Gasteiger partial charge on any atom is 0.255 e. The smallest absolute Gasteiger partial charge is 0.255 e. The topological polar surface area (TPSA) is 90.3 Å². The Morgan fingerprint density at radius 3 is 2.65 bits per heavy atom. The van der Waals surface area contributed by atoms with Crippen LogP contribution < -0.4 is 20.1 Å². The first-order valence-electron chi connectivity index (χ1n) is 14.5. The number of nitrogens with zero attached hydrogens (tertiary/aromatic N) is 3. The highest BCUT2D eigenvalue weighted by Gasteiger charge is 2.35. The molecule has 4 aromatic rings. The van der Waals surface area contributed by atoms with E-state index >= 15 is 0 Å². The van der Waals surface area contributed by atoms with Crippen LogP contribution in [0, 0.1) is 6.92 Å². The van der Waals surface area contributed by atoms with Crippen molar-refractivity contribution in [2.45, 2.75) is 57.5 Å². The van der Waals surface area contributed by atoms with Gasteiger partial charge in [-0.2, -0.15) is 4.98 Å². The van der Waals surface area contributed by atoms with E-state index in [2.05, 4.69) is 17.6 Å². The summed E-state index contributed by atoms with van der Waals surface area (Å²) in [5, 5.41) is 12.6. The summed E-state index contributed by atoms with van der Waals surface area (Å²) in [6.07, 6.45) is 1.98. The number of carbonyl (C=O) groups excluding carboxylic acids is 1. The third-order valence-corrected chi connectivity index (χ3v) is 8.26. The lowest BCUT2D eigenvalue weighted by atomic mass is 9.94. The number of amides is 1. The molecule has 10 heteroatoms. The van der Waals surface area contributed by atoms with Crippen LogP contribution in [0.2, 0.25) is 5.02 Å². The minimum atomic E-state index is -0.563. The molecule has 1 aromatic heterocycles. The molecule has 1 aliphatic heterocycles. The van der Waals surface area contributed by atoms with E-state index in [4.69, 9.17) is 31.2 Å². The molecule has 2 heterocycles. The number of anilines is 2. The van der Waals surface area contributed by atoms with E-state index in [1.807, 2.05) is 87.5 Å². The van der Waals surface area contributed by atoms with E-state index in [9.17, 15) is 4.79 Å². The molecule has 0 bridgehead atoms. The van der Waals surface area contributed by atoms with Gasteiger partial charge in [0.05, 0.1) is 18.8 Å². The van der Waals surface area contributed by atoms with Crippen molar-refractivity contribution < 1.29 is 14.3 Å². The zero-order valence-electron chi connectivity index (χ0n) is 24.8. The van der Waals surface area contributed by atoms with Gasteiger partial charge in [0.1, 0.15) is 6.04 Å². The van der Waals surface area contributed by atoms with Gasteiger partial charge < -0.3 is 20.1 Å². The lowest BCUT2D eigenvalue weighted by Crippen LogP contribution is -2.31. The van der Waals surface area contributed by atoms with Crippen LogP contribution >= 0.6 is 23.4 Å². The molecule has 0 saturated carbocycles. The highest BCUT2D eigenvalue weighted by atomic mass is 35.5. The third-order valence-electron chi connectivity index (χ3n) is 7.01. The second-order valence-corrected chi connectivity index (χ2v) is 11.6. The average molecular weight is 618 g/mol. The number of fused-ring (bicyclic) bond motifs is 1. The van der Waals surface area contributed by atoms with Crippen molar-refractivity contribution in [3.63, 3.8) is 0 Å². The second kappa shape index (κ2) is 14.0. The van der Waals surface area contributed by atoms with E-state index in [1.54, 1.807) is 4.68 Å². The zero-order valence-corrected chi connectivity index (χ0v) is 26.4. The zero-order chi connectivity index (χ0) is 30.3. The van der Waals surface area contributed by atoms with Crippen LogP contribution in [0.3, 0.4) is 0 Å². The number of unbranched alkanes of at least 4 members (excludes halogenated alkanes) is 1. The number of hydrogen-bond donors (Lipinski definition) is 2. The van der Waals surface area contributed by atoms with Crippen molar-refractivity contribution in [3.8, 4) is 11.5 Å². The molecule has 1 amide bonds. The van der Waals surface area contributed by atoms with Gasteiger partial charge in [0.15, 0.2) is 11.5 Å². The maximum absolute atomic E-state index is 13.9. The molecule has 0 aliphatic carbocycles. The number of rotatable bonds is 12. The summed E-state index contributed by atoms with van der Waals surface area (Å²) in [4.78, 5) is 18.7. The Balaban J connectivity index is 1.53. The van der Waals surface area contributed by atoms with E-state index in [0.29, 0.717) is 57.9 Å². The molecule has 1 unspecified atom stereocenters. The Bertz CT molecular complexity index is 1640. The van der Waals surface area contributed by atoms with Gasteiger partial charge in [-0.05, 0) is 74.2 Å². The normalized spacial score (nSPS) is 14.2. The fourth-order valence-electron chi connectivity index (χ4n) is 4.88. The second-order valence-electron chi connectivity index (χ2n) is 10.3. The first-order chi connectivity index (χ1) is 20.9. The van der Waals surface area contributed by atoms with Gasteiger partial charge in [0.2, 0.25) is 11.1 Å². The standard InChI is InChI=1S/C33H36ClN5O3S/c1-5-7-17-42-27-16-15-23(19-28(27)41-6-2)30-29(31(40)36-25-13-10-11-21(3)18-25)22(4)35-32-37-33(38-39(30)32)43-20-24-12-8-9-14-26(24)34/h8-16,18-19,30H,5-7,17,20H2,1-4H3,(H,36,40)(H,35,37,38). The summed E-state index contributed by atoms with van der Waals surface area (Å²) in [5.41, 5.74) is 4.83. The SMILES string of the molecule is CCCCOc1ccc(C2C(C(=O)Nc3cccc(C)c3)=C(C)Nc3nc(SCc4ccccc4Cl)nn32)cc1OCC. The Hall–Kier alpha value is -3.95. The highest BCUT2D eigenvalue weighted by Crippen LogP contribution is 2.40. The number of benzene rings is 3. The molecule has 1 atom stereocenters. The van der Waals surface area contributed by atoms with Crippen LogP contribution in [0.4, 0.5) is 11.6 Å². The predicted molar refractivity (Wildman–Crippen MR) is 173 cm³/mol. The molecule has 3 aromatic carbocycles. The minimum absolute atomic E-state index is 0.228. The molecular weight excluding hydrogens is 582 g/mol. The monoisotopic (exact) mass is 617 g/mol. The largest absolute Gasteiger partial charge is 0.490 e. The third kappa shape index (κ3) is 7.17. The van der Waals surface area contributed by atoms with Gasteiger partial charge >= 0.3 is 0 Å². The Kier molecular flexibility index (Phi) is 9.94. The van der Waals surface area contributed by atoms with Gasteiger partial charge in [-0.15, -0.1) is 5.10 Å². The fourth-order valence-corrected chi connectivity index (χ4v) is 6.00. The number of aryl methyl sites for hydroxylation is 1. The van der Waals surface area contributed by atoms with E-state index < -0.39 is 6.04 Å². The number of halogens is 1. The molecule has 224 valence electrons. The summed E-state index contributed by atoms with van der Waals surface area (Å²) < 4.78 is 13.8. The highest BCUT2D eigenvalue weighted by molar-refractivity contribution is 7.98. The van der Waals surface area contributed by atoms with E-state index in [-0.39, 0.29) is 5.91 Å². The number of thioether (sulfide) groups is 1. The Labute approximate surface area is 261 Å². The van der Waals surface area contributed by atoms with Crippen molar-refractivity contribution in [1.82, 2.24) is 14.8 Å². The van der Waals surface area contributed by atoms with Crippen LogP contribution in [0.5, 0.6) is 11.5 Å². The Morgan fingerprint density at radius 1 is 1.05 bits per heavy atom. The molecule has 2 N–H and O–H groups in total. The average Bonchev–Trinajstić information content (AvgIpc) is 3.39. The number of ether oxygens (including phenoxy) is 2. The quantitative estimate of drug-likeness (QED) is 0.123. The molecule has 1 aliphatic rings. The van der Waals surface area contributed by atoms with Crippen LogP contribution in [0.1, 0.15) is 56.3 Å². The molecule has 0 spiro atoms. The van der Waals surface area contributed by atoms with Crippen molar-refractivity contribution in [3.05, 3.63) is 99.7 Å². The van der Waals surface area contributed by atoms with Crippen LogP contribution in [0.25, 0.3) is 0 Å². The summed E-state index contributed by atoms with van der Waals surface area (Å²) in [6.45, 7) is 9.03. The van der Waals surface area contributed by atoms with E-state index in [0.717, 1.165) is 35.2 Å². The molecule has 43 heavy (non-hydrogen) atoms. The number of nitrogens with one attached hydrogen (secondary N) is 2. The van der Waals surface area contributed by atoms with Gasteiger partial charge in [-0.25, -0.2) is 4.68 Å². The molecule has 5 rings (SSSR count). The maximum atomic E-state index is 13.9. The molecule has 0 radical (unpaired) electrons. The molecule has 0 saturated heterocycles. The number of carbonyl (C=O) groups is 1. The summed E-state index contributed by atoms with van der Waals surface area (Å²) >= 11 is 7.88. The van der Waals surface area contributed by atoms with E-state index in [1.165, 1.54) is 11.8 Å². The molecule has 8 nitrogen and oxygen atoms in total. The minimum Gasteiger partial charge on any atom is -0.490 e. The fraction of sp³-hybridized carbons (Fsp3) is 0.303. The lowest BCUT2D eigenvalue weighted by Gasteiger charge is -2.29. The van der Waals surface area contributed by atoms with Gasteiger partial charge in [0.25, 0.3) is 5.91 Å². The van der Waals surface area contributed by atoms with Crippen LogP contribution in [-0.2, 0) is 10.5 Å². The van der Waals surface area contributed by atoms with Crippen molar-refractivity contribution in [2.75, 3.05) is 23.8 Å². The van der Waals surface area contributed by atoms with Crippen molar-refractivity contribution in [1.29, 1.82) is 0 Å². The molecular formula is C33H36ClN5O3S. The summed E-state index contributed by atoms with van der Waals surface area (Å²) in [6, 6.07) is 20.7. The van der Waals surface area contributed by atoms with Crippen LogP contribution in [0.15, 0.2) is 83.2 Å². The predicted octanol–water partition coefficient (Wildman–Crippen LogP) is 8.04. The van der Waals surface area contributed by atoms with Gasteiger partial charge in [-0.1, -0.05) is 73.1 Å². The van der Waals surface area contributed by atoms with Gasteiger partial charge in [-0.3, -0.25) is 4.79 Å². The summed E-state index contributed by atoms with van der Waals surface area (Å²) in [7, 11) is 0. The van der Waals surface area contributed by atoms with Gasteiger partial charge in [0, 0.05) is 22.2 Å². The first-order valence-corrected chi connectivity index (χ1v) is 15.8. The lowest BCUT2D eigenvalue weighted by molar-refractivity contribution is -0.113. The number of aromatic nitrogens is 3.